The Hall–Kier alpha value is -1.73. The molecule has 0 aromatic carbocycles. The van der Waals surface area contributed by atoms with Crippen molar-refractivity contribution >= 4 is 11.7 Å². The molecule has 2 fully saturated rings. The third kappa shape index (κ3) is 3.79. The highest BCUT2D eigenvalue weighted by molar-refractivity contribution is 5.93. The van der Waals surface area contributed by atoms with E-state index < -0.39 is 0 Å². The van der Waals surface area contributed by atoms with Gasteiger partial charge in [0.25, 0.3) is 5.91 Å². The molecule has 2 aliphatic rings. The standard InChI is InChI=1S/C16H26N6O/c1-3-20-6-10-22(11-7-20)16(23)14-12-15(18-13-17-14)21-8-4-19(2)5-9-21/h12-13H,3-11H2,1-2H3. The molecule has 0 saturated carbocycles. The summed E-state index contributed by atoms with van der Waals surface area (Å²) in [6.07, 6.45) is 1.52. The number of amides is 1. The minimum absolute atomic E-state index is 0.0264. The molecule has 7 nitrogen and oxygen atoms in total. The van der Waals surface area contributed by atoms with Gasteiger partial charge in [-0.3, -0.25) is 4.79 Å². The van der Waals surface area contributed by atoms with Crippen LogP contribution in [0.5, 0.6) is 0 Å². The first kappa shape index (κ1) is 16.1. The number of carbonyl (C=O) groups excluding carboxylic acids is 1. The third-order valence-corrected chi connectivity index (χ3v) is 4.81. The van der Waals surface area contributed by atoms with Gasteiger partial charge in [-0.1, -0.05) is 6.92 Å². The summed E-state index contributed by atoms with van der Waals surface area (Å²) in [6.45, 7) is 10.6. The molecule has 1 aromatic rings. The number of rotatable bonds is 3. The van der Waals surface area contributed by atoms with E-state index in [1.807, 2.05) is 11.0 Å². The van der Waals surface area contributed by atoms with E-state index in [9.17, 15) is 4.79 Å². The van der Waals surface area contributed by atoms with Crippen molar-refractivity contribution in [2.45, 2.75) is 6.92 Å². The van der Waals surface area contributed by atoms with Gasteiger partial charge in [0.15, 0.2) is 0 Å². The number of anilines is 1. The zero-order chi connectivity index (χ0) is 16.2. The zero-order valence-electron chi connectivity index (χ0n) is 14.1. The van der Waals surface area contributed by atoms with Crippen LogP contribution in [-0.4, -0.2) is 96.5 Å². The van der Waals surface area contributed by atoms with E-state index in [2.05, 4.69) is 38.6 Å². The van der Waals surface area contributed by atoms with Gasteiger partial charge in [0.1, 0.15) is 17.8 Å². The Morgan fingerprint density at radius 2 is 1.74 bits per heavy atom. The van der Waals surface area contributed by atoms with Gasteiger partial charge in [-0.2, -0.15) is 0 Å². The maximum atomic E-state index is 12.7. The fourth-order valence-electron chi connectivity index (χ4n) is 3.10. The summed E-state index contributed by atoms with van der Waals surface area (Å²) in [4.78, 5) is 30.0. The lowest BCUT2D eigenvalue weighted by atomic mass is 10.2. The predicted octanol–water partition coefficient (Wildman–Crippen LogP) is 0.00610. The minimum atomic E-state index is 0.0264. The molecule has 3 rings (SSSR count). The largest absolute Gasteiger partial charge is 0.354 e. The molecule has 23 heavy (non-hydrogen) atoms. The zero-order valence-corrected chi connectivity index (χ0v) is 14.1. The van der Waals surface area contributed by atoms with E-state index in [1.165, 1.54) is 6.33 Å². The fraction of sp³-hybridized carbons (Fsp3) is 0.688. The van der Waals surface area contributed by atoms with Crippen molar-refractivity contribution in [3.05, 3.63) is 18.1 Å². The lowest BCUT2D eigenvalue weighted by Crippen LogP contribution is -2.48. The Morgan fingerprint density at radius 3 is 2.39 bits per heavy atom. The van der Waals surface area contributed by atoms with Gasteiger partial charge in [0.2, 0.25) is 0 Å². The van der Waals surface area contributed by atoms with Gasteiger partial charge in [0, 0.05) is 58.4 Å². The lowest BCUT2D eigenvalue weighted by molar-refractivity contribution is 0.0637. The second-order valence-electron chi connectivity index (χ2n) is 6.28. The summed E-state index contributed by atoms with van der Waals surface area (Å²) in [5.74, 6) is 0.891. The summed E-state index contributed by atoms with van der Waals surface area (Å²) in [6, 6.07) is 1.85. The number of hydrogen-bond acceptors (Lipinski definition) is 6. The molecule has 0 atom stereocenters. The van der Waals surface area contributed by atoms with Crippen LogP contribution in [0.25, 0.3) is 0 Å². The monoisotopic (exact) mass is 318 g/mol. The van der Waals surface area contributed by atoms with Gasteiger partial charge in [-0.25, -0.2) is 9.97 Å². The molecule has 0 radical (unpaired) electrons. The molecule has 2 aliphatic heterocycles. The summed E-state index contributed by atoms with van der Waals surface area (Å²) in [7, 11) is 2.13. The maximum Gasteiger partial charge on any atom is 0.272 e. The van der Waals surface area contributed by atoms with Crippen LogP contribution in [0.15, 0.2) is 12.4 Å². The number of likely N-dealkylation sites (N-methyl/N-ethyl adjacent to an activating group) is 2. The Morgan fingerprint density at radius 1 is 1.04 bits per heavy atom. The van der Waals surface area contributed by atoms with Crippen molar-refractivity contribution in [3.8, 4) is 0 Å². The highest BCUT2D eigenvalue weighted by Crippen LogP contribution is 2.15. The average molecular weight is 318 g/mol. The van der Waals surface area contributed by atoms with Gasteiger partial charge in [-0.15, -0.1) is 0 Å². The molecule has 3 heterocycles. The van der Waals surface area contributed by atoms with Crippen molar-refractivity contribution < 1.29 is 4.79 Å². The normalized spacial score (nSPS) is 20.8. The van der Waals surface area contributed by atoms with Crippen molar-refractivity contribution in [2.24, 2.45) is 0 Å². The molecule has 0 bridgehead atoms. The molecule has 2 saturated heterocycles. The number of aromatic nitrogens is 2. The van der Waals surface area contributed by atoms with E-state index in [0.29, 0.717) is 5.69 Å². The van der Waals surface area contributed by atoms with Crippen LogP contribution in [-0.2, 0) is 0 Å². The fourth-order valence-corrected chi connectivity index (χ4v) is 3.10. The molecular weight excluding hydrogens is 292 g/mol. The first-order chi connectivity index (χ1) is 11.2. The Kier molecular flexibility index (Phi) is 5.07. The highest BCUT2D eigenvalue weighted by atomic mass is 16.2. The molecular formula is C16H26N6O. The van der Waals surface area contributed by atoms with Gasteiger partial charge < -0.3 is 19.6 Å². The molecule has 0 spiro atoms. The van der Waals surface area contributed by atoms with Gasteiger partial charge in [0.05, 0.1) is 0 Å². The molecule has 0 N–H and O–H groups in total. The topological polar surface area (TPSA) is 55.8 Å². The SMILES string of the molecule is CCN1CCN(C(=O)c2cc(N3CCN(C)CC3)ncn2)CC1. The first-order valence-corrected chi connectivity index (χ1v) is 8.44. The summed E-state index contributed by atoms with van der Waals surface area (Å²) in [5.41, 5.74) is 0.513. The molecule has 0 aliphatic carbocycles. The van der Waals surface area contributed by atoms with Crippen LogP contribution in [0.3, 0.4) is 0 Å². The van der Waals surface area contributed by atoms with E-state index in [1.54, 1.807) is 0 Å². The van der Waals surface area contributed by atoms with Crippen molar-refractivity contribution in [2.75, 3.05) is 70.9 Å². The maximum absolute atomic E-state index is 12.7. The van der Waals surface area contributed by atoms with Crippen LogP contribution in [0.2, 0.25) is 0 Å². The van der Waals surface area contributed by atoms with Crippen LogP contribution in [0.1, 0.15) is 17.4 Å². The Balaban J connectivity index is 1.66. The number of carbonyl (C=O) groups is 1. The number of hydrogen-bond donors (Lipinski definition) is 0. The van der Waals surface area contributed by atoms with Crippen molar-refractivity contribution in [1.82, 2.24) is 24.7 Å². The lowest BCUT2D eigenvalue weighted by Gasteiger charge is -2.34. The van der Waals surface area contributed by atoms with Crippen LogP contribution < -0.4 is 4.90 Å². The highest BCUT2D eigenvalue weighted by Gasteiger charge is 2.23. The van der Waals surface area contributed by atoms with Crippen molar-refractivity contribution in [1.29, 1.82) is 0 Å². The Labute approximate surface area is 137 Å². The third-order valence-electron chi connectivity index (χ3n) is 4.81. The molecule has 0 unspecified atom stereocenters. The van der Waals surface area contributed by atoms with Crippen LogP contribution in [0.4, 0.5) is 5.82 Å². The summed E-state index contributed by atoms with van der Waals surface area (Å²) < 4.78 is 0. The Bertz CT molecular complexity index is 535. The van der Waals surface area contributed by atoms with Gasteiger partial charge in [-0.05, 0) is 13.6 Å². The summed E-state index contributed by atoms with van der Waals surface area (Å²) in [5, 5.41) is 0. The minimum Gasteiger partial charge on any atom is -0.354 e. The first-order valence-electron chi connectivity index (χ1n) is 8.44. The molecule has 1 amide bonds. The molecule has 126 valence electrons. The smallest absolute Gasteiger partial charge is 0.272 e. The molecule has 7 heteroatoms. The number of nitrogens with zero attached hydrogens (tertiary/aromatic N) is 6. The average Bonchev–Trinajstić information content (AvgIpc) is 2.62. The van der Waals surface area contributed by atoms with Gasteiger partial charge >= 0.3 is 0 Å². The quantitative estimate of drug-likeness (QED) is 0.782. The van der Waals surface area contributed by atoms with Crippen LogP contribution in [0, 0.1) is 0 Å². The van der Waals surface area contributed by atoms with E-state index in [4.69, 9.17) is 0 Å². The van der Waals surface area contributed by atoms with E-state index >= 15 is 0 Å². The van der Waals surface area contributed by atoms with E-state index in [0.717, 1.165) is 64.7 Å². The second-order valence-corrected chi connectivity index (χ2v) is 6.28. The van der Waals surface area contributed by atoms with E-state index in [-0.39, 0.29) is 5.91 Å². The van der Waals surface area contributed by atoms with Crippen molar-refractivity contribution in [3.63, 3.8) is 0 Å². The predicted molar refractivity (Wildman–Crippen MR) is 89.8 cm³/mol. The number of piperazine rings is 2. The van der Waals surface area contributed by atoms with Crippen LogP contribution >= 0.6 is 0 Å². The molecule has 1 aromatic heterocycles. The second kappa shape index (κ2) is 7.23. The summed E-state index contributed by atoms with van der Waals surface area (Å²) >= 11 is 0.